The molecule has 0 fully saturated rings. The van der Waals surface area contributed by atoms with Crippen LogP contribution in [0.4, 0.5) is 17.1 Å². The Morgan fingerprint density at radius 3 is 2.33 bits per heavy atom. The molecule has 5 N–H and O–H groups in total. The van der Waals surface area contributed by atoms with Crippen LogP contribution in [-0.4, -0.2) is 6.41 Å². The third-order valence-corrected chi connectivity index (χ3v) is 2.33. The second-order valence-corrected chi connectivity index (χ2v) is 3.69. The van der Waals surface area contributed by atoms with Gasteiger partial charge in [-0.3, -0.25) is 4.79 Å². The average Bonchev–Trinajstić information content (AvgIpc) is 2.36. The number of nitrogens with two attached hydrogens (primary N) is 2. The van der Waals surface area contributed by atoms with Crippen LogP contribution in [0.15, 0.2) is 42.5 Å². The van der Waals surface area contributed by atoms with E-state index >= 15 is 0 Å². The van der Waals surface area contributed by atoms with Gasteiger partial charge in [-0.1, -0.05) is 0 Å². The van der Waals surface area contributed by atoms with Gasteiger partial charge in [0.2, 0.25) is 6.41 Å². The molecule has 0 aromatic heterocycles. The molecule has 0 aliphatic rings. The molecule has 0 bridgehead atoms. The second kappa shape index (κ2) is 5.09. The highest BCUT2D eigenvalue weighted by atomic mass is 16.5. The Kier molecular flexibility index (Phi) is 3.33. The minimum absolute atomic E-state index is 0.515. The zero-order valence-electron chi connectivity index (χ0n) is 9.59. The molecule has 0 unspecified atom stereocenters. The number of benzene rings is 2. The van der Waals surface area contributed by atoms with E-state index in [0.29, 0.717) is 35.0 Å². The average molecular weight is 243 g/mol. The highest BCUT2D eigenvalue weighted by Crippen LogP contribution is 2.31. The fourth-order valence-corrected chi connectivity index (χ4v) is 1.48. The van der Waals surface area contributed by atoms with Crippen molar-refractivity contribution in [1.82, 2.24) is 0 Å². The monoisotopic (exact) mass is 243 g/mol. The van der Waals surface area contributed by atoms with Gasteiger partial charge in [0.1, 0.15) is 5.75 Å². The van der Waals surface area contributed by atoms with Crippen molar-refractivity contribution in [2.45, 2.75) is 0 Å². The molecule has 0 aliphatic carbocycles. The van der Waals surface area contributed by atoms with Crippen LogP contribution in [0.2, 0.25) is 0 Å². The summed E-state index contributed by atoms with van der Waals surface area (Å²) < 4.78 is 5.64. The number of rotatable bonds is 4. The van der Waals surface area contributed by atoms with Crippen LogP contribution in [-0.2, 0) is 4.79 Å². The third-order valence-electron chi connectivity index (χ3n) is 2.33. The SMILES string of the molecule is Nc1ccc(Oc2ccc(N)cc2NC=O)cc1. The summed E-state index contributed by atoms with van der Waals surface area (Å²) in [6.07, 6.45) is 0.574. The molecule has 5 heteroatoms. The molecule has 0 atom stereocenters. The van der Waals surface area contributed by atoms with Crippen LogP contribution >= 0.6 is 0 Å². The molecule has 5 nitrogen and oxygen atoms in total. The van der Waals surface area contributed by atoms with Crippen molar-refractivity contribution >= 4 is 23.5 Å². The molecule has 18 heavy (non-hydrogen) atoms. The molecule has 0 saturated heterocycles. The number of nitrogens with one attached hydrogen (secondary N) is 1. The normalized spacial score (nSPS) is 9.78. The number of carbonyl (C=O) groups is 1. The quantitative estimate of drug-likeness (QED) is 0.567. The second-order valence-electron chi connectivity index (χ2n) is 3.69. The lowest BCUT2D eigenvalue weighted by Crippen LogP contribution is -1.98. The van der Waals surface area contributed by atoms with Gasteiger partial charge in [-0.25, -0.2) is 0 Å². The lowest BCUT2D eigenvalue weighted by molar-refractivity contribution is -0.105. The van der Waals surface area contributed by atoms with Crippen molar-refractivity contribution in [3.8, 4) is 11.5 Å². The zero-order valence-corrected chi connectivity index (χ0v) is 9.59. The first kappa shape index (κ1) is 11.8. The van der Waals surface area contributed by atoms with Crippen LogP contribution in [0.3, 0.4) is 0 Å². The van der Waals surface area contributed by atoms with Gasteiger partial charge in [0.05, 0.1) is 5.69 Å². The molecule has 0 heterocycles. The number of amides is 1. The van der Waals surface area contributed by atoms with Crippen LogP contribution in [0.25, 0.3) is 0 Å². The predicted octanol–water partition coefficient (Wildman–Crippen LogP) is 2.21. The van der Waals surface area contributed by atoms with Gasteiger partial charge in [0, 0.05) is 11.4 Å². The number of anilines is 3. The van der Waals surface area contributed by atoms with E-state index in [0.717, 1.165) is 0 Å². The van der Waals surface area contributed by atoms with E-state index in [2.05, 4.69) is 5.32 Å². The van der Waals surface area contributed by atoms with Crippen LogP contribution in [0.1, 0.15) is 0 Å². The molecule has 92 valence electrons. The van der Waals surface area contributed by atoms with Crippen LogP contribution in [0, 0.1) is 0 Å². The summed E-state index contributed by atoms with van der Waals surface area (Å²) in [6.45, 7) is 0. The lowest BCUT2D eigenvalue weighted by atomic mass is 10.2. The Morgan fingerprint density at radius 2 is 1.67 bits per heavy atom. The number of ether oxygens (including phenoxy) is 1. The van der Waals surface area contributed by atoms with Crippen molar-refractivity contribution in [1.29, 1.82) is 0 Å². The van der Waals surface area contributed by atoms with Crippen molar-refractivity contribution < 1.29 is 9.53 Å². The largest absolute Gasteiger partial charge is 0.455 e. The molecule has 0 saturated carbocycles. The summed E-state index contributed by atoms with van der Waals surface area (Å²) >= 11 is 0. The first-order valence-corrected chi connectivity index (χ1v) is 5.32. The fourth-order valence-electron chi connectivity index (χ4n) is 1.48. The summed E-state index contributed by atoms with van der Waals surface area (Å²) in [5, 5.41) is 2.54. The van der Waals surface area contributed by atoms with Crippen molar-refractivity contribution in [3.05, 3.63) is 42.5 Å². The molecular formula is C13H13N3O2. The fraction of sp³-hybridized carbons (Fsp3) is 0. The first-order chi connectivity index (χ1) is 8.69. The molecule has 2 rings (SSSR count). The smallest absolute Gasteiger partial charge is 0.211 e. The Balaban J connectivity index is 2.27. The van der Waals surface area contributed by atoms with Gasteiger partial charge in [0.25, 0.3) is 0 Å². The number of hydrogen-bond donors (Lipinski definition) is 3. The topological polar surface area (TPSA) is 90.4 Å². The van der Waals surface area contributed by atoms with E-state index < -0.39 is 0 Å². The Bertz CT molecular complexity index is 553. The predicted molar refractivity (Wildman–Crippen MR) is 71.5 cm³/mol. The summed E-state index contributed by atoms with van der Waals surface area (Å²) in [6, 6.07) is 12.0. The first-order valence-electron chi connectivity index (χ1n) is 5.32. The number of carbonyl (C=O) groups excluding carboxylic acids is 1. The van der Waals surface area contributed by atoms with E-state index in [4.69, 9.17) is 16.2 Å². The van der Waals surface area contributed by atoms with Gasteiger partial charge >= 0.3 is 0 Å². The van der Waals surface area contributed by atoms with Crippen molar-refractivity contribution in [2.24, 2.45) is 0 Å². The minimum Gasteiger partial charge on any atom is -0.455 e. The van der Waals surface area contributed by atoms with Gasteiger partial charge in [-0.2, -0.15) is 0 Å². The van der Waals surface area contributed by atoms with Gasteiger partial charge in [-0.05, 0) is 42.5 Å². The molecule has 2 aromatic carbocycles. The molecular weight excluding hydrogens is 230 g/mol. The standard InChI is InChI=1S/C13H13N3O2/c14-9-1-4-11(5-2-9)18-13-6-3-10(15)7-12(13)16-8-17/h1-8H,14-15H2,(H,16,17). The van der Waals surface area contributed by atoms with E-state index in [1.807, 2.05) is 0 Å². The molecule has 0 radical (unpaired) electrons. The van der Waals surface area contributed by atoms with Gasteiger partial charge < -0.3 is 21.5 Å². The maximum atomic E-state index is 10.5. The summed E-state index contributed by atoms with van der Waals surface area (Å²) in [7, 11) is 0. The van der Waals surface area contributed by atoms with Crippen molar-refractivity contribution in [2.75, 3.05) is 16.8 Å². The molecule has 0 aliphatic heterocycles. The third kappa shape index (κ3) is 2.70. The zero-order chi connectivity index (χ0) is 13.0. The number of nitrogen functional groups attached to an aromatic ring is 2. The Labute approximate surface area is 104 Å². The van der Waals surface area contributed by atoms with E-state index in [9.17, 15) is 4.79 Å². The van der Waals surface area contributed by atoms with Crippen LogP contribution in [0.5, 0.6) is 11.5 Å². The van der Waals surface area contributed by atoms with E-state index in [1.54, 1.807) is 42.5 Å². The Morgan fingerprint density at radius 1 is 1.00 bits per heavy atom. The maximum Gasteiger partial charge on any atom is 0.211 e. The van der Waals surface area contributed by atoms with Gasteiger partial charge in [0.15, 0.2) is 5.75 Å². The van der Waals surface area contributed by atoms with Crippen LogP contribution < -0.4 is 21.5 Å². The highest BCUT2D eigenvalue weighted by Gasteiger charge is 2.05. The van der Waals surface area contributed by atoms with E-state index in [1.165, 1.54) is 0 Å². The summed E-state index contributed by atoms with van der Waals surface area (Å²) in [5.41, 5.74) is 12.9. The molecule has 1 amide bonds. The summed E-state index contributed by atoms with van der Waals surface area (Å²) in [5.74, 6) is 1.14. The molecule has 0 spiro atoms. The molecule has 2 aromatic rings. The lowest BCUT2D eigenvalue weighted by Gasteiger charge is -2.11. The van der Waals surface area contributed by atoms with E-state index in [-0.39, 0.29) is 0 Å². The highest BCUT2D eigenvalue weighted by molar-refractivity contribution is 5.77. The van der Waals surface area contributed by atoms with Gasteiger partial charge in [-0.15, -0.1) is 0 Å². The summed E-state index contributed by atoms with van der Waals surface area (Å²) in [4.78, 5) is 10.5. The number of hydrogen-bond acceptors (Lipinski definition) is 4. The van der Waals surface area contributed by atoms with Crippen molar-refractivity contribution in [3.63, 3.8) is 0 Å². The maximum absolute atomic E-state index is 10.5. The minimum atomic E-state index is 0.515. The Hall–Kier alpha value is -2.69.